The first-order chi connectivity index (χ1) is 21.0. The van der Waals surface area contributed by atoms with E-state index >= 15 is 8.78 Å². The largest absolute Gasteiger partial charge is 0.454 e. The van der Waals surface area contributed by atoms with Gasteiger partial charge in [-0.25, -0.2) is 8.78 Å². The second kappa shape index (κ2) is 15.1. The summed E-state index contributed by atoms with van der Waals surface area (Å²) in [6.07, 6.45) is 10.3. The molecular formula is C36H40F2N4O. The van der Waals surface area contributed by atoms with Crippen LogP contribution in [0.1, 0.15) is 86.7 Å². The number of aromatic amines is 1. The molecule has 0 aliphatic carbocycles. The van der Waals surface area contributed by atoms with Crippen molar-refractivity contribution in [2.75, 3.05) is 0 Å². The summed E-state index contributed by atoms with van der Waals surface area (Å²) in [5, 5.41) is 16.4. The first-order valence-corrected chi connectivity index (χ1v) is 15.0. The minimum absolute atomic E-state index is 0.0464. The summed E-state index contributed by atoms with van der Waals surface area (Å²) in [4.78, 5) is 3.00. The van der Waals surface area contributed by atoms with Gasteiger partial charge in [0.2, 0.25) is 0 Å². The predicted molar refractivity (Wildman–Crippen MR) is 171 cm³/mol. The second-order valence-electron chi connectivity index (χ2n) is 10.5. The van der Waals surface area contributed by atoms with Crippen molar-refractivity contribution in [2.45, 2.75) is 71.4 Å². The van der Waals surface area contributed by atoms with Crippen LogP contribution >= 0.6 is 0 Å². The lowest BCUT2D eigenvalue weighted by atomic mass is 9.89. The maximum absolute atomic E-state index is 15.1. The highest BCUT2D eigenvalue weighted by Gasteiger charge is 2.27. The molecule has 1 aliphatic heterocycles. The van der Waals surface area contributed by atoms with Crippen LogP contribution in [0, 0.1) is 29.9 Å². The van der Waals surface area contributed by atoms with Crippen LogP contribution in [0.25, 0.3) is 17.0 Å². The van der Waals surface area contributed by atoms with Gasteiger partial charge >= 0.3 is 0 Å². The van der Waals surface area contributed by atoms with Gasteiger partial charge in [0.05, 0.1) is 6.07 Å². The third kappa shape index (κ3) is 7.45. The summed E-state index contributed by atoms with van der Waals surface area (Å²) in [7, 11) is 0. The molecule has 4 aromatic rings. The van der Waals surface area contributed by atoms with Crippen LogP contribution in [0.2, 0.25) is 0 Å². The van der Waals surface area contributed by atoms with E-state index in [-0.39, 0.29) is 11.7 Å². The van der Waals surface area contributed by atoms with Gasteiger partial charge in [0, 0.05) is 58.5 Å². The number of halogens is 2. The van der Waals surface area contributed by atoms with Crippen molar-refractivity contribution in [3.8, 4) is 17.6 Å². The minimum atomic E-state index is -0.532. The smallest absolute Gasteiger partial charge is 0.170 e. The molecule has 2 heterocycles. The SMILES string of the molecule is C=Cc1c(Oc2ccc(F)c(C3NC=C(C(CCCCCCC#N)c4cccc(C)c4)N3)c2)c(F)cc2[nH]ccc12.CC. The van der Waals surface area contributed by atoms with Crippen molar-refractivity contribution in [1.29, 1.82) is 5.26 Å². The molecule has 0 spiro atoms. The molecule has 0 fully saturated rings. The number of aromatic nitrogens is 1. The quantitative estimate of drug-likeness (QED) is 0.145. The Morgan fingerprint density at radius 3 is 2.60 bits per heavy atom. The molecule has 0 radical (unpaired) electrons. The van der Waals surface area contributed by atoms with E-state index in [0.717, 1.165) is 43.2 Å². The Balaban J connectivity index is 0.00000207. The molecule has 224 valence electrons. The third-order valence-corrected chi connectivity index (χ3v) is 7.57. The number of nitrogens with one attached hydrogen (secondary N) is 3. The molecule has 43 heavy (non-hydrogen) atoms. The van der Waals surface area contributed by atoms with Crippen LogP contribution in [-0.2, 0) is 0 Å². The Labute approximate surface area is 253 Å². The Hall–Kier alpha value is -4.57. The molecule has 3 N–H and O–H groups in total. The number of ether oxygens (including phenoxy) is 1. The fourth-order valence-electron chi connectivity index (χ4n) is 5.50. The number of fused-ring (bicyclic) bond motifs is 1. The molecule has 0 saturated carbocycles. The van der Waals surface area contributed by atoms with Crippen molar-refractivity contribution >= 4 is 17.0 Å². The monoisotopic (exact) mass is 582 g/mol. The Kier molecular flexibility index (Phi) is 11.0. The fraction of sp³-hybridized carbons (Fsp3) is 0.306. The standard InChI is InChI=1S/C34H34F2N4O.C2H6/c1-3-25-27-15-17-38-31(27)20-30(36)33(25)41-24-13-14-29(35)28(19-24)34-39-21-32(40-34)26(12-7-5-4-6-8-16-37)23-11-9-10-22(2)18-23;1-2/h3,9-11,13-15,17-21,26,34,38-40H,1,4-8,12H2,2H3;1-2H3. The van der Waals surface area contributed by atoms with Gasteiger partial charge in [-0.3, -0.25) is 0 Å². The normalized spacial score (nSPS) is 14.5. The van der Waals surface area contributed by atoms with E-state index in [1.165, 1.54) is 29.3 Å². The molecule has 5 nitrogen and oxygen atoms in total. The number of hydrogen-bond acceptors (Lipinski definition) is 4. The second-order valence-corrected chi connectivity index (χ2v) is 10.5. The van der Waals surface area contributed by atoms with Gasteiger partial charge in [-0.1, -0.05) is 75.6 Å². The van der Waals surface area contributed by atoms with E-state index in [1.54, 1.807) is 18.3 Å². The van der Waals surface area contributed by atoms with Crippen molar-refractivity contribution < 1.29 is 13.5 Å². The van der Waals surface area contributed by atoms with E-state index in [4.69, 9.17) is 10.00 Å². The van der Waals surface area contributed by atoms with Crippen LogP contribution in [-0.4, -0.2) is 4.98 Å². The Morgan fingerprint density at radius 1 is 1.02 bits per heavy atom. The van der Waals surface area contributed by atoms with E-state index in [2.05, 4.69) is 59.5 Å². The van der Waals surface area contributed by atoms with Crippen LogP contribution in [0.15, 0.2) is 79.3 Å². The first kappa shape index (κ1) is 31.4. The molecule has 3 aromatic carbocycles. The molecule has 0 saturated heterocycles. The molecule has 2 atom stereocenters. The Bertz CT molecular complexity index is 1620. The zero-order valence-electron chi connectivity index (χ0n) is 25.1. The van der Waals surface area contributed by atoms with Gasteiger partial charge < -0.3 is 20.4 Å². The lowest BCUT2D eigenvalue weighted by Crippen LogP contribution is -2.25. The van der Waals surface area contributed by atoms with Crippen molar-refractivity contribution in [2.24, 2.45) is 0 Å². The highest BCUT2D eigenvalue weighted by Crippen LogP contribution is 2.37. The van der Waals surface area contributed by atoms with Crippen LogP contribution < -0.4 is 15.4 Å². The predicted octanol–water partition coefficient (Wildman–Crippen LogP) is 9.90. The molecule has 7 heteroatoms. The number of benzene rings is 3. The molecule has 5 rings (SSSR count). The topological polar surface area (TPSA) is 72.9 Å². The van der Waals surface area contributed by atoms with Gasteiger partial charge in [0.1, 0.15) is 17.7 Å². The molecule has 1 aromatic heterocycles. The summed E-state index contributed by atoms with van der Waals surface area (Å²) < 4.78 is 36.1. The van der Waals surface area contributed by atoms with Gasteiger partial charge in [-0.05, 0) is 49.6 Å². The van der Waals surface area contributed by atoms with Gasteiger partial charge in [0.25, 0.3) is 0 Å². The van der Waals surface area contributed by atoms with Gasteiger partial charge in [-0.2, -0.15) is 5.26 Å². The summed E-state index contributed by atoms with van der Waals surface area (Å²) in [5.74, 6) is -0.446. The first-order valence-electron chi connectivity index (χ1n) is 15.0. The maximum Gasteiger partial charge on any atom is 0.170 e. The molecule has 2 unspecified atom stereocenters. The maximum atomic E-state index is 15.1. The number of rotatable bonds is 12. The van der Waals surface area contributed by atoms with E-state index in [1.807, 2.05) is 26.1 Å². The molecule has 0 bridgehead atoms. The highest BCUT2D eigenvalue weighted by atomic mass is 19.1. The number of allylic oxidation sites excluding steroid dienone is 1. The Morgan fingerprint density at radius 2 is 1.84 bits per heavy atom. The number of H-pyrrole nitrogens is 1. The minimum Gasteiger partial charge on any atom is -0.454 e. The number of unbranched alkanes of at least 4 members (excludes halogenated alkanes) is 4. The zero-order chi connectivity index (χ0) is 30.8. The van der Waals surface area contributed by atoms with Crippen LogP contribution in [0.3, 0.4) is 0 Å². The van der Waals surface area contributed by atoms with Crippen molar-refractivity contribution in [3.05, 3.63) is 113 Å². The number of hydrogen-bond donors (Lipinski definition) is 3. The molecule has 1 aliphatic rings. The average Bonchev–Trinajstić information content (AvgIpc) is 3.69. The van der Waals surface area contributed by atoms with E-state index in [9.17, 15) is 0 Å². The summed E-state index contributed by atoms with van der Waals surface area (Å²) in [6.45, 7) is 9.91. The molecular weight excluding hydrogens is 542 g/mol. The number of nitrogens with zero attached hydrogens (tertiary/aromatic N) is 1. The van der Waals surface area contributed by atoms with E-state index < -0.39 is 17.8 Å². The summed E-state index contributed by atoms with van der Waals surface area (Å²) >= 11 is 0. The van der Waals surface area contributed by atoms with E-state index in [0.29, 0.717) is 28.8 Å². The fourth-order valence-corrected chi connectivity index (χ4v) is 5.50. The lowest BCUT2D eigenvalue weighted by molar-refractivity contribution is 0.437. The van der Waals surface area contributed by atoms with Crippen LogP contribution in [0.4, 0.5) is 8.78 Å². The summed E-state index contributed by atoms with van der Waals surface area (Å²) in [5.41, 5.74) is 4.92. The third-order valence-electron chi connectivity index (χ3n) is 7.57. The number of aryl methyl sites for hydroxylation is 1. The highest BCUT2D eigenvalue weighted by molar-refractivity contribution is 5.91. The average molecular weight is 583 g/mol. The summed E-state index contributed by atoms with van der Waals surface area (Å²) in [6, 6.07) is 18.3. The van der Waals surface area contributed by atoms with Gasteiger partial charge in [-0.15, -0.1) is 0 Å². The lowest BCUT2D eigenvalue weighted by Gasteiger charge is -2.22. The zero-order valence-corrected chi connectivity index (χ0v) is 25.1. The molecule has 0 amide bonds. The van der Waals surface area contributed by atoms with Gasteiger partial charge in [0.15, 0.2) is 11.6 Å². The van der Waals surface area contributed by atoms with Crippen LogP contribution in [0.5, 0.6) is 11.5 Å². The van der Waals surface area contributed by atoms with Crippen molar-refractivity contribution in [3.63, 3.8) is 0 Å². The number of nitriles is 1. The van der Waals surface area contributed by atoms with Crippen molar-refractivity contribution in [1.82, 2.24) is 15.6 Å².